The summed E-state index contributed by atoms with van der Waals surface area (Å²) in [4.78, 5) is 0. The molecule has 20 heavy (non-hydrogen) atoms. The van der Waals surface area contributed by atoms with Gasteiger partial charge in [-0.1, -0.05) is 35.3 Å². The molecule has 104 valence electrons. The monoisotopic (exact) mass is 307 g/mol. The molecule has 2 aromatic rings. The van der Waals surface area contributed by atoms with Gasteiger partial charge in [0.1, 0.15) is 11.9 Å². The van der Waals surface area contributed by atoms with Crippen LogP contribution in [0, 0.1) is 6.92 Å². The van der Waals surface area contributed by atoms with Crippen LogP contribution in [0.15, 0.2) is 30.3 Å². The van der Waals surface area contributed by atoms with Crippen molar-refractivity contribution in [3.05, 3.63) is 51.5 Å². The van der Waals surface area contributed by atoms with Gasteiger partial charge in [-0.3, -0.25) is 0 Å². The molecule has 0 aliphatic carbocycles. The highest BCUT2D eigenvalue weighted by Crippen LogP contribution is 2.44. The van der Waals surface area contributed by atoms with Gasteiger partial charge < -0.3 is 10.5 Å². The second-order valence-corrected chi connectivity index (χ2v) is 5.89. The fraction of sp³-hybridized carbons (Fsp3) is 0.250. The maximum Gasteiger partial charge on any atom is 0.131 e. The minimum atomic E-state index is 0.0341. The fourth-order valence-electron chi connectivity index (χ4n) is 2.66. The first-order chi connectivity index (χ1) is 9.60. The molecule has 2 aromatic carbocycles. The van der Waals surface area contributed by atoms with Crippen LogP contribution in [0.1, 0.15) is 11.1 Å². The lowest BCUT2D eigenvalue weighted by Gasteiger charge is -2.14. The van der Waals surface area contributed by atoms with E-state index in [-0.39, 0.29) is 6.10 Å². The van der Waals surface area contributed by atoms with Crippen LogP contribution < -0.4 is 10.5 Å². The molecule has 2 nitrogen and oxygen atoms in total. The van der Waals surface area contributed by atoms with E-state index in [0.29, 0.717) is 16.6 Å². The molecule has 4 heteroatoms. The van der Waals surface area contributed by atoms with Crippen LogP contribution in [0.3, 0.4) is 0 Å². The zero-order valence-electron chi connectivity index (χ0n) is 11.1. The third-order valence-electron chi connectivity index (χ3n) is 3.54. The Bertz CT molecular complexity index is 650. The Morgan fingerprint density at radius 1 is 1.25 bits per heavy atom. The number of hydrogen-bond acceptors (Lipinski definition) is 2. The van der Waals surface area contributed by atoms with Gasteiger partial charge >= 0.3 is 0 Å². The minimum absolute atomic E-state index is 0.0341. The predicted octanol–water partition coefficient (Wildman–Crippen LogP) is 4.23. The number of fused-ring (bicyclic) bond motifs is 1. The zero-order chi connectivity index (χ0) is 14.3. The summed E-state index contributed by atoms with van der Waals surface area (Å²) in [5.74, 6) is 0.862. The van der Waals surface area contributed by atoms with E-state index in [2.05, 4.69) is 19.1 Å². The molecule has 0 aromatic heterocycles. The van der Waals surface area contributed by atoms with Crippen molar-refractivity contribution in [2.45, 2.75) is 19.4 Å². The van der Waals surface area contributed by atoms with E-state index in [1.807, 2.05) is 18.2 Å². The van der Waals surface area contributed by atoms with Crippen LogP contribution in [0.25, 0.3) is 11.1 Å². The lowest BCUT2D eigenvalue weighted by atomic mass is 9.97. The molecule has 1 atom stereocenters. The normalized spacial score (nSPS) is 16.9. The standard InChI is InChI=1S/C16H15Cl2NO/c1-9-5-10-7-11(8-19)20-16(10)12(6-9)15-13(17)3-2-4-14(15)18/h2-6,11H,7-8,19H2,1H3. The average molecular weight is 308 g/mol. The second-order valence-electron chi connectivity index (χ2n) is 5.08. The van der Waals surface area contributed by atoms with Gasteiger partial charge in [-0.2, -0.15) is 0 Å². The van der Waals surface area contributed by atoms with Gasteiger partial charge in [0.05, 0.1) is 10.0 Å². The summed E-state index contributed by atoms with van der Waals surface area (Å²) in [7, 11) is 0. The van der Waals surface area contributed by atoms with Crippen LogP contribution >= 0.6 is 23.2 Å². The van der Waals surface area contributed by atoms with Gasteiger partial charge in [0.25, 0.3) is 0 Å². The lowest BCUT2D eigenvalue weighted by molar-refractivity contribution is 0.242. The largest absolute Gasteiger partial charge is 0.488 e. The molecule has 0 saturated carbocycles. The van der Waals surface area contributed by atoms with Gasteiger partial charge in [0.15, 0.2) is 0 Å². The highest BCUT2D eigenvalue weighted by molar-refractivity contribution is 6.39. The molecule has 1 heterocycles. The molecule has 3 rings (SSSR count). The molecule has 1 aliphatic heterocycles. The van der Waals surface area contributed by atoms with Crippen molar-refractivity contribution in [3.63, 3.8) is 0 Å². The van der Waals surface area contributed by atoms with Crippen LogP contribution in [0.5, 0.6) is 5.75 Å². The van der Waals surface area contributed by atoms with Crippen LogP contribution in [-0.4, -0.2) is 12.6 Å². The van der Waals surface area contributed by atoms with Gasteiger partial charge in [-0.25, -0.2) is 0 Å². The minimum Gasteiger partial charge on any atom is -0.488 e. The molecular weight excluding hydrogens is 293 g/mol. The summed E-state index contributed by atoms with van der Waals surface area (Å²) in [5, 5.41) is 1.26. The molecule has 0 bridgehead atoms. The molecule has 0 fully saturated rings. The number of rotatable bonds is 2. The Labute approximate surface area is 128 Å². The van der Waals surface area contributed by atoms with Crippen molar-refractivity contribution in [3.8, 4) is 16.9 Å². The topological polar surface area (TPSA) is 35.2 Å². The van der Waals surface area contributed by atoms with Crippen molar-refractivity contribution in [1.82, 2.24) is 0 Å². The summed E-state index contributed by atoms with van der Waals surface area (Å²) < 4.78 is 5.96. The maximum absolute atomic E-state index is 6.32. The summed E-state index contributed by atoms with van der Waals surface area (Å²) in [6.45, 7) is 2.56. The van der Waals surface area contributed by atoms with E-state index in [1.165, 1.54) is 5.56 Å². The first-order valence-corrected chi connectivity index (χ1v) is 7.30. The van der Waals surface area contributed by atoms with E-state index < -0.39 is 0 Å². The zero-order valence-corrected chi connectivity index (χ0v) is 12.6. The van der Waals surface area contributed by atoms with Gasteiger partial charge in [-0.15, -0.1) is 0 Å². The molecule has 0 spiro atoms. The Balaban J connectivity index is 2.21. The molecule has 0 amide bonds. The van der Waals surface area contributed by atoms with E-state index in [0.717, 1.165) is 28.9 Å². The predicted molar refractivity (Wildman–Crippen MR) is 83.8 cm³/mol. The summed E-state index contributed by atoms with van der Waals surface area (Å²) in [6, 6.07) is 9.72. The summed E-state index contributed by atoms with van der Waals surface area (Å²) in [5.41, 5.74) is 9.84. The molecule has 2 N–H and O–H groups in total. The van der Waals surface area contributed by atoms with Crippen LogP contribution in [0.2, 0.25) is 10.0 Å². The number of aryl methyl sites for hydroxylation is 1. The number of nitrogens with two attached hydrogens (primary N) is 1. The van der Waals surface area contributed by atoms with Gasteiger partial charge in [-0.05, 0) is 36.2 Å². The Morgan fingerprint density at radius 3 is 2.60 bits per heavy atom. The van der Waals surface area contributed by atoms with E-state index in [9.17, 15) is 0 Å². The van der Waals surface area contributed by atoms with Crippen molar-refractivity contribution in [2.75, 3.05) is 6.54 Å². The third kappa shape index (κ3) is 2.28. The highest BCUT2D eigenvalue weighted by atomic mass is 35.5. The van der Waals surface area contributed by atoms with Crippen molar-refractivity contribution >= 4 is 23.2 Å². The Morgan fingerprint density at radius 2 is 1.95 bits per heavy atom. The van der Waals surface area contributed by atoms with Crippen molar-refractivity contribution < 1.29 is 4.74 Å². The third-order valence-corrected chi connectivity index (χ3v) is 4.17. The Hall–Kier alpha value is -1.22. The van der Waals surface area contributed by atoms with Crippen molar-refractivity contribution in [2.24, 2.45) is 5.73 Å². The number of halogens is 2. The Kier molecular flexibility index (Phi) is 3.63. The maximum atomic E-state index is 6.32. The molecule has 0 saturated heterocycles. The number of benzene rings is 2. The smallest absolute Gasteiger partial charge is 0.131 e. The number of ether oxygens (including phenoxy) is 1. The van der Waals surface area contributed by atoms with E-state index >= 15 is 0 Å². The SMILES string of the molecule is Cc1cc2c(c(-c3c(Cl)cccc3Cl)c1)OC(CN)C2. The first kappa shape index (κ1) is 13.7. The average Bonchev–Trinajstić information content (AvgIpc) is 2.81. The van der Waals surface area contributed by atoms with Gasteiger partial charge in [0, 0.05) is 24.1 Å². The number of hydrogen-bond donors (Lipinski definition) is 1. The van der Waals surface area contributed by atoms with Crippen LogP contribution in [0.4, 0.5) is 0 Å². The van der Waals surface area contributed by atoms with Crippen LogP contribution in [-0.2, 0) is 6.42 Å². The summed E-state index contributed by atoms with van der Waals surface area (Å²) in [6.07, 6.45) is 0.870. The quantitative estimate of drug-likeness (QED) is 0.901. The fourth-order valence-corrected chi connectivity index (χ4v) is 3.27. The molecule has 1 aliphatic rings. The molecular formula is C16H15Cl2NO. The van der Waals surface area contributed by atoms with Gasteiger partial charge in [0.2, 0.25) is 0 Å². The lowest BCUT2D eigenvalue weighted by Crippen LogP contribution is -2.24. The van der Waals surface area contributed by atoms with E-state index in [1.54, 1.807) is 0 Å². The summed E-state index contributed by atoms with van der Waals surface area (Å²) >= 11 is 12.6. The van der Waals surface area contributed by atoms with Crippen molar-refractivity contribution in [1.29, 1.82) is 0 Å². The highest BCUT2D eigenvalue weighted by Gasteiger charge is 2.26. The first-order valence-electron chi connectivity index (χ1n) is 6.54. The second kappa shape index (κ2) is 5.28. The molecule has 0 radical (unpaired) electrons. The van der Waals surface area contributed by atoms with E-state index in [4.69, 9.17) is 33.7 Å². The molecule has 1 unspecified atom stereocenters.